The lowest BCUT2D eigenvalue weighted by atomic mass is 9.71. The topological polar surface area (TPSA) is 51.3 Å². The van der Waals surface area contributed by atoms with Gasteiger partial charge < -0.3 is 14.5 Å². The Morgan fingerprint density at radius 3 is 2.09 bits per heavy atom. The van der Waals surface area contributed by atoms with Gasteiger partial charge in [-0.3, -0.25) is 4.79 Å². The van der Waals surface area contributed by atoms with Crippen LogP contribution in [-0.2, 0) is 14.9 Å². The van der Waals surface area contributed by atoms with Crippen molar-refractivity contribution >= 4 is 24.8 Å². The van der Waals surface area contributed by atoms with Crippen LogP contribution in [0.4, 0.5) is 0 Å². The van der Waals surface area contributed by atoms with Crippen molar-refractivity contribution < 1.29 is 14.3 Å². The average molecular weight is 470 g/mol. The van der Waals surface area contributed by atoms with Gasteiger partial charge in [0, 0.05) is 16.6 Å². The van der Waals surface area contributed by atoms with Gasteiger partial charge in [-0.25, -0.2) is 0 Å². The van der Waals surface area contributed by atoms with E-state index >= 15 is 0 Å². The molecule has 2 atom stereocenters. The average Bonchev–Trinajstić information content (AvgIpc) is 3.17. The molecule has 182 valence electrons. The van der Waals surface area contributed by atoms with E-state index in [1.54, 1.807) is 14.2 Å². The fourth-order valence-electron chi connectivity index (χ4n) is 6.95. The number of hydrogen-bond acceptors (Lipinski definition) is 3. The van der Waals surface area contributed by atoms with Crippen LogP contribution in [0.1, 0.15) is 66.6 Å². The largest absolute Gasteiger partial charge is 0.497 e. The maximum Gasteiger partial charge on any atom is 0.208 e. The Kier molecular flexibility index (Phi) is 6.96. The quantitative estimate of drug-likeness (QED) is 0.406. The van der Waals surface area contributed by atoms with Crippen molar-refractivity contribution in [3.05, 3.63) is 40.8 Å². The summed E-state index contributed by atoms with van der Waals surface area (Å²) in [6.07, 6.45) is 0. The predicted octanol–water partition coefficient (Wildman–Crippen LogP) is 7.54. The van der Waals surface area contributed by atoms with Crippen LogP contribution in [0.3, 0.4) is 0 Å². The summed E-state index contributed by atoms with van der Waals surface area (Å²) >= 11 is 0. The molecule has 0 amide bonds. The van der Waals surface area contributed by atoms with Crippen molar-refractivity contribution in [2.45, 2.75) is 90.4 Å². The van der Waals surface area contributed by atoms with Gasteiger partial charge in [0.05, 0.1) is 27.7 Å². The molecule has 0 unspecified atom stereocenters. The van der Waals surface area contributed by atoms with Gasteiger partial charge in [0.1, 0.15) is 5.75 Å². The summed E-state index contributed by atoms with van der Waals surface area (Å²) in [5.41, 5.74) is 5.56. The van der Waals surface area contributed by atoms with E-state index in [9.17, 15) is 4.79 Å². The minimum atomic E-state index is -1.77. The minimum Gasteiger partial charge on any atom is -0.497 e. The number of aryl methyl sites for hydroxylation is 1. The number of allylic oxidation sites excluding steroid dienone is 2. The van der Waals surface area contributed by atoms with Crippen molar-refractivity contribution in [2.24, 2.45) is 5.92 Å². The van der Waals surface area contributed by atoms with Gasteiger partial charge >= 0.3 is 0 Å². The third-order valence-corrected chi connectivity index (χ3v) is 16.4. The molecule has 1 N–H and O–H groups in total. The Morgan fingerprint density at radius 2 is 1.61 bits per heavy atom. The molecule has 33 heavy (non-hydrogen) atoms. The Bertz CT molecular complexity index is 1060. The number of methoxy groups -OCH3 is 2. The van der Waals surface area contributed by atoms with Crippen LogP contribution in [0, 0.1) is 12.8 Å². The lowest BCUT2D eigenvalue weighted by Crippen LogP contribution is -2.45. The summed E-state index contributed by atoms with van der Waals surface area (Å²) in [5.74, 6) is 1.57. The number of H-pyrrole nitrogens is 1. The lowest BCUT2D eigenvalue weighted by molar-refractivity contribution is -0.122. The van der Waals surface area contributed by atoms with Gasteiger partial charge in [-0.05, 0) is 55.1 Å². The Balaban J connectivity index is 2.21. The van der Waals surface area contributed by atoms with E-state index in [0.717, 1.165) is 34.0 Å². The molecule has 1 aromatic heterocycles. The molecule has 4 nitrogen and oxygen atoms in total. The second-order valence-corrected chi connectivity index (χ2v) is 17.1. The standard InChI is InChI=1S/C28H43NO3Si/c1-16(2)33(17(3)4,18(5)6)15-23-19(7)28(9,27(30)26(23)32-11)25-20(8)29-24-13-12-21(31-10)14-22(24)25/h12-14,16-19,29H,15H2,1-11H3/t19-,28-/m1/s1. The SMILES string of the molecule is COC1=C(C[Si](C(C)C)(C(C)C)C(C)C)[C@@H](C)[C@](C)(c2c(C)[nH]c3ccc(OC)cc23)C1=O. The van der Waals surface area contributed by atoms with Crippen molar-refractivity contribution in [2.75, 3.05) is 14.2 Å². The van der Waals surface area contributed by atoms with Crippen molar-refractivity contribution in [1.29, 1.82) is 0 Å². The number of fused-ring (bicyclic) bond motifs is 1. The highest BCUT2D eigenvalue weighted by Crippen LogP contribution is 2.55. The molecule has 0 saturated carbocycles. The van der Waals surface area contributed by atoms with Crippen molar-refractivity contribution in [1.82, 2.24) is 4.98 Å². The van der Waals surface area contributed by atoms with Crippen molar-refractivity contribution in [3.63, 3.8) is 0 Å². The summed E-state index contributed by atoms with van der Waals surface area (Å²) in [4.78, 5) is 17.6. The second-order valence-electron chi connectivity index (χ2n) is 11.1. The first kappa shape index (κ1) is 25.6. The molecule has 0 saturated heterocycles. The van der Waals surface area contributed by atoms with E-state index in [1.807, 2.05) is 12.1 Å². The predicted molar refractivity (Wildman–Crippen MR) is 141 cm³/mol. The zero-order valence-electron chi connectivity index (χ0n) is 22.5. The molecular formula is C28H43NO3Si. The number of ether oxygens (including phenoxy) is 2. The van der Waals surface area contributed by atoms with Gasteiger partial charge in [-0.1, -0.05) is 65.1 Å². The zero-order chi connectivity index (χ0) is 24.9. The van der Waals surface area contributed by atoms with Crippen molar-refractivity contribution in [3.8, 4) is 5.75 Å². The van der Waals surface area contributed by atoms with E-state index < -0.39 is 13.5 Å². The summed E-state index contributed by atoms with van der Waals surface area (Å²) in [6, 6.07) is 7.07. The van der Waals surface area contributed by atoms with Gasteiger partial charge in [0.25, 0.3) is 0 Å². The van der Waals surface area contributed by atoms with Crippen LogP contribution in [0.5, 0.6) is 5.75 Å². The van der Waals surface area contributed by atoms with Crippen LogP contribution < -0.4 is 4.74 Å². The molecule has 0 aliphatic heterocycles. The van der Waals surface area contributed by atoms with Gasteiger partial charge in [0.15, 0.2) is 5.76 Å². The Hall–Kier alpha value is -2.01. The summed E-state index contributed by atoms with van der Waals surface area (Å²) in [7, 11) is 1.58. The highest BCUT2D eigenvalue weighted by molar-refractivity contribution is 6.84. The maximum atomic E-state index is 14.1. The summed E-state index contributed by atoms with van der Waals surface area (Å²) < 4.78 is 11.4. The number of Topliss-reactive ketones (excluding diaryl/α,β-unsaturated/α-hetero) is 1. The van der Waals surface area contributed by atoms with E-state index in [0.29, 0.717) is 22.4 Å². The smallest absolute Gasteiger partial charge is 0.208 e. The molecule has 0 bridgehead atoms. The number of aromatic amines is 1. The molecule has 1 aliphatic rings. The number of carbonyl (C=O) groups is 1. The Morgan fingerprint density at radius 1 is 1.03 bits per heavy atom. The number of benzene rings is 1. The molecule has 2 aromatic rings. The van der Waals surface area contributed by atoms with Gasteiger partial charge in [-0.2, -0.15) is 0 Å². The summed E-state index contributed by atoms with van der Waals surface area (Å²) in [5, 5.41) is 1.06. The number of hydrogen-bond donors (Lipinski definition) is 1. The first-order valence-corrected chi connectivity index (χ1v) is 14.8. The molecule has 0 fully saturated rings. The first-order valence-electron chi connectivity index (χ1n) is 12.4. The molecule has 1 aromatic carbocycles. The monoisotopic (exact) mass is 469 g/mol. The van der Waals surface area contributed by atoms with E-state index in [4.69, 9.17) is 9.47 Å². The number of nitrogens with one attached hydrogen (secondary N) is 1. The third-order valence-electron chi connectivity index (χ3n) is 9.00. The fourth-order valence-corrected chi connectivity index (χ4v) is 13.3. The zero-order valence-corrected chi connectivity index (χ0v) is 23.5. The maximum absolute atomic E-state index is 14.1. The molecule has 5 heteroatoms. The van der Waals surface area contributed by atoms with E-state index in [2.05, 4.69) is 73.4 Å². The van der Waals surface area contributed by atoms with Crippen LogP contribution in [-0.4, -0.2) is 33.1 Å². The van der Waals surface area contributed by atoms with Crippen LogP contribution in [0.25, 0.3) is 10.9 Å². The molecule has 3 rings (SSSR count). The third kappa shape index (κ3) is 3.67. The molecule has 1 heterocycles. The Labute approximate surface area is 201 Å². The second kappa shape index (κ2) is 8.97. The van der Waals surface area contributed by atoms with Crippen LogP contribution in [0.15, 0.2) is 29.5 Å². The lowest BCUT2D eigenvalue weighted by Gasteiger charge is -2.44. The number of rotatable bonds is 8. The number of ketones is 1. The highest BCUT2D eigenvalue weighted by atomic mass is 28.3. The normalized spacial score (nSPS) is 21.9. The highest BCUT2D eigenvalue weighted by Gasteiger charge is 2.55. The first-order chi connectivity index (χ1) is 15.4. The molecule has 0 radical (unpaired) electrons. The minimum absolute atomic E-state index is 0.0620. The van der Waals surface area contributed by atoms with Crippen LogP contribution in [0.2, 0.25) is 22.7 Å². The van der Waals surface area contributed by atoms with Gasteiger partial charge in [0.2, 0.25) is 5.78 Å². The van der Waals surface area contributed by atoms with E-state index in [-0.39, 0.29) is 11.7 Å². The molecule has 1 aliphatic carbocycles. The molecular weight excluding hydrogens is 426 g/mol. The fraction of sp³-hybridized carbons (Fsp3) is 0.607. The van der Waals surface area contributed by atoms with Crippen LogP contribution >= 0.6 is 0 Å². The summed E-state index contributed by atoms with van der Waals surface area (Å²) in [6.45, 7) is 20.7. The number of aromatic nitrogens is 1. The van der Waals surface area contributed by atoms with E-state index in [1.165, 1.54) is 5.57 Å². The van der Waals surface area contributed by atoms with Gasteiger partial charge in [-0.15, -0.1) is 0 Å². The number of carbonyl (C=O) groups excluding carboxylic acids is 1. The molecule has 0 spiro atoms.